The van der Waals surface area contributed by atoms with Crippen LogP contribution in [0.5, 0.6) is 0 Å². The second-order valence-corrected chi connectivity index (χ2v) is 8.23. The number of nitrogens with one attached hydrogen (secondary N) is 1. The van der Waals surface area contributed by atoms with Crippen molar-refractivity contribution in [2.24, 2.45) is 0 Å². The lowest BCUT2D eigenvalue weighted by Crippen LogP contribution is -2.12. The number of thiophene rings is 1. The van der Waals surface area contributed by atoms with Gasteiger partial charge in [0.2, 0.25) is 0 Å². The van der Waals surface area contributed by atoms with Gasteiger partial charge in [0.05, 0.1) is 15.5 Å². The molecule has 0 saturated carbocycles. The van der Waals surface area contributed by atoms with Gasteiger partial charge in [-0.05, 0) is 48.7 Å². The summed E-state index contributed by atoms with van der Waals surface area (Å²) in [4.78, 5) is 24.2. The number of amides is 1. The lowest BCUT2D eigenvalue weighted by atomic mass is 10.1. The SMILES string of the molecule is Cc1ccc(C(=O)Nc2ccc(-c3ccc4nnc(-c5cccs5)n4n3)cc2)cc1[N+](=O)[O-]. The minimum Gasteiger partial charge on any atom is -0.322 e. The van der Waals surface area contributed by atoms with Crippen LogP contribution in [0.2, 0.25) is 0 Å². The van der Waals surface area contributed by atoms with Crippen molar-refractivity contribution in [3.63, 3.8) is 0 Å². The molecule has 0 spiro atoms. The number of nitro benzene ring substituents is 1. The van der Waals surface area contributed by atoms with Crippen LogP contribution in [-0.2, 0) is 0 Å². The summed E-state index contributed by atoms with van der Waals surface area (Å²) in [7, 11) is 0. The van der Waals surface area contributed by atoms with E-state index in [4.69, 9.17) is 0 Å². The maximum absolute atomic E-state index is 12.6. The summed E-state index contributed by atoms with van der Waals surface area (Å²) in [5.41, 5.74) is 3.43. The van der Waals surface area contributed by atoms with Crippen LogP contribution in [0.1, 0.15) is 15.9 Å². The van der Waals surface area contributed by atoms with E-state index < -0.39 is 10.8 Å². The number of anilines is 1. The molecule has 5 aromatic rings. The summed E-state index contributed by atoms with van der Waals surface area (Å²) in [6, 6.07) is 19.2. The molecule has 0 bridgehead atoms. The molecule has 162 valence electrons. The Hall–Kier alpha value is -4.44. The van der Waals surface area contributed by atoms with Gasteiger partial charge in [0, 0.05) is 28.4 Å². The molecule has 3 aromatic heterocycles. The van der Waals surface area contributed by atoms with Crippen molar-refractivity contribution < 1.29 is 9.72 Å². The van der Waals surface area contributed by atoms with Gasteiger partial charge in [-0.1, -0.05) is 24.3 Å². The predicted octanol–water partition coefficient (Wildman–Crippen LogP) is 4.99. The molecular formula is C23H16N6O3S. The van der Waals surface area contributed by atoms with E-state index in [1.165, 1.54) is 6.07 Å². The van der Waals surface area contributed by atoms with Crippen molar-refractivity contribution in [1.29, 1.82) is 0 Å². The van der Waals surface area contributed by atoms with Crippen LogP contribution in [0.3, 0.4) is 0 Å². The Morgan fingerprint density at radius 3 is 2.61 bits per heavy atom. The highest BCUT2D eigenvalue weighted by Gasteiger charge is 2.15. The number of fused-ring (bicyclic) bond motifs is 1. The van der Waals surface area contributed by atoms with Crippen molar-refractivity contribution in [3.8, 4) is 22.0 Å². The second-order valence-electron chi connectivity index (χ2n) is 7.28. The minimum absolute atomic E-state index is 0.0876. The zero-order valence-electron chi connectivity index (χ0n) is 17.3. The molecule has 5 rings (SSSR count). The number of nitro groups is 1. The van der Waals surface area contributed by atoms with Gasteiger partial charge in [0.25, 0.3) is 11.6 Å². The van der Waals surface area contributed by atoms with E-state index in [1.54, 1.807) is 47.0 Å². The Morgan fingerprint density at radius 2 is 1.88 bits per heavy atom. The zero-order valence-corrected chi connectivity index (χ0v) is 18.1. The van der Waals surface area contributed by atoms with Crippen LogP contribution in [0.15, 0.2) is 72.1 Å². The average Bonchev–Trinajstić information content (AvgIpc) is 3.49. The highest BCUT2D eigenvalue weighted by Crippen LogP contribution is 2.25. The summed E-state index contributed by atoms with van der Waals surface area (Å²) >= 11 is 1.57. The standard InChI is InChI=1S/C23H16N6O3S/c1-14-4-5-16(13-19(14)29(31)32)23(30)24-17-8-6-15(7-9-17)18-10-11-21-25-26-22(28(21)27-18)20-3-2-12-33-20/h2-13H,1H3,(H,24,30). The first-order chi connectivity index (χ1) is 16.0. The van der Waals surface area contributed by atoms with Crippen LogP contribution in [0.4, 0.5) is 11.4 Å². The third-order valence-electron chi connectivity index (χ3n) is 5.11. The third-order valence-corrected chi connectivity index (χ3v) is 5.98. The molecular weight excluding hydrogens is 440 g/mol. The topological polar surface area (TPSA) is 115 Å². The molecule has 0 atom stereocenters. The molecule has 0 saturated heterocycles. The quantitative estimate of drug-likeness (QED) is 0.294. The van der Waals surface area contributed by atoms with Crippen molar-refractivity contribution in [3.05, 3.63) is 93.4 Å². The molecule has 0 aliphatic heterocycles. The first kappa shape index (κ1) is 20.5. The molecule has 2 aromatic carbocycles. The Morgan fingerprint density at radius 1 is 1.06 bits per heavy atom. The maximum Gasteiger partial charge on any atom is 0.273 e. The first-order valence-electron chi connectivity index (χ1n) is 9.93. The largest absolute Gasteiger partial charge is 0.322 e. The lowest BCUT2D eigenvalue weighted by molar-refractivity contribution is -0.385. The number of nitrogens with zero attached hydrogens (tertiary/aromatic N) is 5. The van der Waals surface area contributed by atoms with Crippen molar-refractivity contribution >= 4 is 34.3 Å². The van der Waals surface area contributed by atoms with Crippen LogP contribution in [0, 0.1) is 17.0 Å². The fraction of sp³-hybridized carbons (Fsp3) is 0.0435. The molecule has 0 aliphatic rings. The fourth-order valence-electron chi connectivity index (χ4n) is 3.38. The van der Waals surface area contributed by atoms with Gasteiger partial charge >= 0.3 is 0 Å². The monoisotopic (exact) mass is 456 g/mol. The van der Waals surface area contributed by atoms with E-state index in [2.05, 4.69) is 20.6 Å². The number of carbonyl (C=O) groups is 1. The van der Waals surface area contributed by atoms with E-state index in [-0.39, 0.29) is 11.3 Å². The average molecular weight is 456 g/mol. The highest BCUT2D eigenvalue weighted by atomic mass is 32.1. The molecule has 1 amide bonds. The highest BCUT2D eigenvalue weighted by molar-refractivity contribution is 7.13. The Labute approximate surface area is 191 Å². The van der Waals surface area contributed by atoms with Crippen molar-refractivity contribution in [2.75, 3.05) is 5.32 Å². The summed E-state index contributed by atoms with van der Waals surface area (Å²) in [6.45, 7) is 1.63. The molecule has 3 heterocycles. The number of carbonyl (C=O) groups excluding carboxylic acids is 1. The van der Waals surface area contributed by atoms with Gasteiger partial charge in [0.1, 0.15) is 0 Å². The Bertz CT molecular complexity index is 1490. The third kappa shape index (κ3) is 3.94. The molecule has 0 fully saturated rings. The van der Waals surface area contributed by atoms with Crippen LogP contribution in [0.25, 0.3) is 27.6 Å². The van der Waals surface area contributed by atoms with Crippen molar-refractivity contribution in [1.82, 2.24) is 19.8 Å². The second kappa shape index (κ2) is 8.24. The molecule has 0 unspecified atom stereocenters. The molecule has 0 radical (unpaired) electrons. The number of rotatable bonds is 5. The molecule has 1 N–H and O–H groups in total. The smallest absolute Gasteiger partial charge is 0.273 e. The molecule has 0 aliphatic carbocycles. The lowest BCUT2D eigenvalue weighted by Gasteiger charge is -2.08. The number of benzene rings is 2. The zero-order chi connectivity index (χ0) is 22.9. The Balaban J connectivity index is 1.38. The normalized spacial score (nSPS) is 10.9. The molecule has 10 heteroatoms. The van der Waals surface area contributed by atoms with E-state index >= 15 is 0 Å². The van der Waals surface area contributed by atoms with Crippen LogP contribution < -0.4 is 5.32 Å². The van der Waals surface area contributed by atoms with E-state index in [0.717, 1.165) is 16.1 Å². The first-order valence-corrected chi connectivity index (χ1v) is 10.8. The number of hydrogen-bond acceptors (Lipinski definition) is 7. The summed E-state index contributed by atoms with van der Waals surface area (Å²) in [5.74, 6) is 0.258. The van der Waals surface area contributed by atoms with Crippen LogP contribution in [-0.4, -0.2) is 30.6 Å². The number of aromatic nitrogens is 4. The van der Waals surface area contributed by atoms with Gasteiger partial charge in [-0.2, -0.15) is 9.61 Å². The minimum atomic E-state index is -0.496. The van der Waals surface area contributed by atoms with Gasteiger partial charge in [-0.3, -0.25) is 14.9 Å². The van der Waals surface area contributed by atoms with Crippen molar-refractivity contribution in [2.45, 2.75) is 6.92 Å². The molecule has 9 nitrogen and oxygen atoms in total. The van der Waals surface area contributed by atoms with Gasteiger partial charge < -0.3 is 5.32 Å². The molecule has 33 heavy (non-hydrogen) atoms. The Kier molecular flexibility index (Phi) is 5.11. The van der Waals surface area contributed by atoms with Gasteiger partial charge in [0.15, 0.2) is 11.5 Å². The summed E-state index contributed by atoms with van der Waals surface area (Å²) in [6.07, 6.45) is 0. The predicted molar refractivity (Wildman–Crippen MR) is 125 cm³/mol. The summed E-state index contributed by atoms with van der Waals surface area (Å²) in [5, 5.41) is 29.0. The van der Waals surface area contributed by atoms with Gasteiger partial charge in [-0.15, -0.1) is 21.5 Å². The van der Waals surface area contributed by atoms with E-state index in [0.29, 0.717) is 22.7 Å². The van der Waals surface area contributed by atoms with Gasteiger partial charge in [-0.25, -0.2) is 0 Å². The van der Waals surface area contributed by atoms with E-state index in [1.807, 2.05) is 41.8 Å². The fourth-order valence-corrected chi connectivity index (χ4v) is 4.07. The summed E-state index contributed by atoms with van der Waals surface area (Å²) < 4.78 is 1.71. The number of hydrogen-bond donors (Lipinski definition) is 1. The maximum atomic E-state index is 12.6. The number of aryl methyl sites for hydroxylation is 1. The van der Waals surface area contributed by atoms with E-state index in [9.17, 15) is 14.9 Å². The van der Waals surface area contributed by atoms with Crippen LogP contribution >= 0.6 is 11.3 Å².